The molecule has 0 atom stereocenters. The van der Waals surface area contributed by atoms with Crippen molar-refractivity contribution in [2.24, 2.45) is 5.92 Å². The van der Waals surface area contributed by atoms with Crippen LogP contribution in [-0.2, 0) is 4.79 Å². The van der Waals surface area contributed by atoms with Crippen LogP contribution in [0.2, 0.25) is 0 Å². The van der Waals surface area contributed by atoms with E-state index in [4.69, 9.17) is 5.11 Å². The normalized spacial score (nSPS) is 17.4. The molecule has 2 N–H and O–H groups in total. The second-order valence-corrected chi connectivity index (χ2v) is 4.84. The van der Waals surface area contributed by atoms with E-state index in [0.29, 0.717) is 19.0 Å². The van der Waals surface area contributed by atoms with Crippen molar-refractivity contribution in [2.75, 3.05) is 39.8 Å². The number of carboxylic acids is 1. The predicted octanol–water partition coefficient (Wildman–Crippen LogP) is 0.444. The number of carbonyl (C=O) groups is 2. The van der Waals surface area contributed by atoms with Gasteiger partial charge in [-0.1, -0.05) is 0 Å². The number of nitrogens with zero attached hydrogens (tertiary/aromatic N) is 2. The van der Waals surface area contributed by atoms with Crippen LogP contribution in [0.3, 0.4) is 0 Å². The van der Waals surface area contributed by atoms with Gasteiger partial charge in [0.25, 0.3) is 0 Å². The van der Waals surface area contributed by atoms with Crippen molar-refractivity contribution in [1.82, 2.24) is 15.1 Å². The van der Waals surface area contributed by atoms with E-state index in [1.165, 1.54) is 4.90 Å². The highest BCUT2D eigenvalue weighted by Gasteiger charge is 2.19. The molecule has 18 heavy (non-hydrogen) atoms. The molecule has 1 rings (SSSR count). The number of urea groups is 1. The summed E-state index contributed by atoms with van der Waals surface area (Å²) < 4.78 is 0. The molecule has 1 heterocycles. The van der Waals surface area contributed by atoms with Crippen LogP contribution in [0.15, 0.2) is 0 Å². The minimum atomic E-state index is -0.980. The number of likely N-dealkylation sites (N-methyl/N-ethyl adjacent to an activating group) is 1. The number of likely N-dealkylation sites (tertiary alicyclic amines) is 1. The number of aliphatic carboxylic acids is 1. The van der Waals surface area contributed by atoms with Crippen LogP contribution in [0.1, 0.15) is 19.8 Å². The Kier molecular flexibility index (Phi) is 5.91. The third kappa shape index (κ3) is 4.91. The Labute approximate surface area is 108 Å². The van der Waals surface area contributed by atoms with Crippen LogP contribution < -0.4 is 5.32 Å². The van der Waals surface area contributed by atoms with Gasteiger partial charge in [-0.3, -0.25) is 4.79 Å². The molecule has 0 aromatic carbocycles. The lowest BCUT2D eigenvalue weighted by Crippen LogP contribution is -2.45. The highest BCUT2D eigenvalue weighted by atomic mass is 16.4. The minimum absolute atomic E-state index is 0.240. The van der Waals surface area contributed by atoms with Crippen LogP contribution in [0, 0.1) is 5.92 Å². The Bertz CT molecular complexity index is 288. The molecular weight excluding hydrogens is 234 g/mol. The van der Waals surface area contributed by atoms with E-state index in [9.17, 15) is 9.59 Å². The summed E-state index contributed by atoms with van der Waals surface area (Å²) in [5.74, 6) is -0.472. The first-order valence-corrected chi connectivity index (χ1v) is 6.46. The van der Waals surface area contributed by atoms with Gasteiger partial charge in [0.05, 0.1) is 0 Å². The maximum Gasteiger partial charge on any atom is 0.323 e. The highest BCUT2D eigenvalue weighted by Crippen LogP contribution is 2.14. The molecule has 6 nitrogen and oxygen atoms in total. The molecule has 1 aliphatic rings. The molecular formula is C12H23N3O3. The fourth-order valence-corrected chi connectivity index (χ4v) is 2.10. The van der Waals surface area contributed by atoms with Gasteiger partial charge in [-0.15, -0.1) is 0 Å². The summed E-state index contributed by atoms with van der Waals surface area (Å²) in [5.41, 5.74) is 0. The van der Waals surface area contributed by atoms with Gasteiger partial charge in [-0.2, -0.15) is 0 Å². The van der Waals surface area contributed by atoms with Gasteiger partial charge in [0, 0.05) is 13.1 Å². The second-order valence-electron chi connectivity index (χ2n) is 4.84. The zero-order chi connectivity index (χ0) is 13.5. The molecule has 0 saturated carbocycles. The number of piperidine rings is 1. The standard InChI is InChI=1S/C12H23N3O3/c1-3-15(9-11(16)17)12(18)13-8-10-4-6-14(2)7-5-10/h10H,3-9H2,1-2H3,(H,13,18)(H,16,17). The van der Waals surface area contributed by atoms with Crippen molar-refractivity contribution in [3.63, 3.8) is 0 Å². The molecule has 0 aliphatic carbocycles. The third-order valence-electron chi connectivity index (χ3n) is 3.38. The van der Waals surface area contributed by atoms with Crippen molar-refractivity contribution in [2.45, 2.75) is 19.8 Å². The van der Waals surface area contributed by atoms with Crippen LogP contribution in [0.25, 0.3) is 0 Å². The molecule has 2 amide bonds. The van der Waals surface area contributed by atoms with Crippen molar-refractivity contribution in [3.05, 3.63) is 0 Å². The average molecular weight is 257 g/mol. The maximum atomic E-state index is 11.8. The summed E-state index contributed by atoms with van der Waals surface area (Å²) >= 11 is 0. The van der Waals surface area contributed by atoms with E-state index in [1.807, 2.05) is 0 Å². The predicted molar refractivity (Wildman–Crippen MR) is 68.5 cm³/mol. The van der Waals surface area contributed by atoms with E-state index >= 15 is 0 Å². The Balaban J connectivity index is 2.28. The summed E-state index contributed by atoms with van der Waals surface area (Å²) in [6, 6.07) is -0.279. The number of nitrogens with one attached hydrogen (secondary N) is 1. The zero-order valence-corrected chi connectivity index (χ0v) is 11.2. The van der Waals surface area contributed by atoms with Crippen molar-refractivity contribution < 1.29 is 14.7 Å². The maximum absolute atomic E-state index is 11.8. The van der Waals surface area contributed by atoms with Crippen LogP contribution >= 0.6 is 0 Å². The van der Waals surface area contributed by atoms with Gasteiger partial charge in [0.15, 0.2) is 0 Å². The topological polar surface area (TPSA) is 72.9 Å². The number of carbonyl (C=O) groups excluding carboxylic acids is 1. The Morgan fingerprint density at radius 2 is 2.00 bits per heavy atom. The zero-order valence-electron chi connectivity index (χ0n) is 11.2. The summed E-state index contributed by atoms with van der Waals surface area (Å²) in [5, 5.41) is 11.5. The second kappa shape index (κ2) is 7.20. The summed E-state index contributed by atoms with van der Waals surface area (Å²) in [7, 11) is 2.10. The first-order chi connectivity index (χ1) is 8.52. The molecule has 0 radical (unpaired) electrons. The lowest BCUT2D eigenvalue weighted by molar-refractivity contribution is -0.137. The molecule has 1 saturated heterocycles. The van der Waals surface area contributed by atoms with Crippen molar-refractivity contribution in [1.29, 1.82) is 0 Å². The Morgan fingerprint density at radius 3 is 2.50 bits per heavy atom. The monoisotopic (exact) mass is 257 g/mol. The fourth-order valence-electron chi connectivity index (χ4n) is 2.10. The summed E-state index contributed by atoms with van der Waals surface area (Å²) in [6.45, 7) is 4.71. The van der Waals surface area contributed by atoms with Crippen LogP contribution in [0.4, 0.5) is 4.79 Å². The highest BCUT2D eigenvalue weighted by molar-refractivity contribution is 5.79. The number of rotatable bonds is 5. The van der Waals surface area contributed by atoms with Gasteiger partial charge < -0.3 is 20.2 Å². The molecule has 104 valence electrons. The van der Waals surface area contributed by atoms with Crippen LogP contribution in [0.5, 0.6) is 0 Å². The van der Waals surface area contributed by atoms with E-state index in [0.717, 1.165) is 25.9 Å². The molecule has 1 aliphatic heterocycles. The van der Waals surface area contributed by atoms with E-state index in [2.05, 4.69) is 17.3 Å². The molecule has 0 spiro atoms. The molecule has 0 aromatic rings. The molecule has 1 fully saturated rings. The first-order valence-electron chi connectivity index (χ1n) is 6.46. The largest absolute Gasteiger partial charge is 0.480 e. The average Bonchev–Trinajstić information content (AvgIpc) is 2.34. The lowest BCUT2D eigenvalue weighted by atomic mass is 9.97. The third-order valence-corrected chi connectivity index (χ3v) is 3.38. The van der Waals surface area contributed by atoms with E-state index < -0.39 is 5.97 Å². The molecule has 0 aromatic heterocycles. The Morgan fingerprint density at radius 1 is 1.39 bits per heavy atom. The minimum Gasteiger partial charge on any atom is -0.480 e. The summed E-state index contributed by atoms with van der Waals surface area (Å²) in [6.07, 6.45) is 2.17. The van der Waals surface area contributed by atoms with E-state index in [1.54, 1.807) is 6.92 Å². The van der Waals surface area contributed by atoms with Gasteiger partial charge in [0.2, 0.25) is 0 Å². The number of carboxylic acid groups (broad SMARTS) is 1. The molecule has 6 heteroatoms. The van der Waals surface area contributed by atoms with Crippen LogP contribution in [-0.4, -0.2) is 66.7 Å². The Hall–Kier alpha value is -1.30. The number of hydrogen-bond donors (Lipinski definition) is 2. The smallest absolute Gasteiger partial charge is 0.323 e. The first kappa shape index (κ1) is 14.8. The van der Waals surface area contributed by atoms with Gasteiger partial charge in [0.1, 0.15) is 6.54 Å². The quantitative estimate of drug-likeness (QED) is 0.750. The number of hydrogen-bond acceptors (Lipinski definition) is 3. The van der Waals surface area contributed by atoms with E-state index in [-0.39, 0.29) is 12.6 Å². The van der Waals surface area contributed by atoms with Crippen molar-refractivity contribution >= 4 is 12.0 Å². The van der Waals surface area contributed by atoms with Crippen molar-refractivity contribution in [3.8, 4) is 0 Å². The summed E-state index contributed by atoms with van der Waals surface area (Å²) in [4.78, 5) is 25.9. The fraction of sp³-hybridized carbons (Fsp3) is 0.833. The van der Waals surface area contributed by atoms with Gasteiger partial charge >= 0.3 is 12.0 Å². The van der Waals surface area contributed by atoms with Gasteiger partial charge in [-0.25, -0.2) is 4.79 Å². The van der Waals surface area contributed by atoms with Gasteiger partial charge in [-0.05, 0) is 45.8 Å². The SMILES string of the molecule is CCN(CC(=O)O)C(=O)NCC1CCN(C)CC1. The number of amides is 2. The lowest BCUT2D eigenvalue weighted by Gasteiger charge is -2.29. The molecule has 0 bridgehead atoms. The molecule has 0 unspecified atom stereocenters.